The molecule has 0 radical (unpaired) electrons. The number of hydrogen-bond acceptors (Lipinski definition) is 12. The van der Waals surface area contributed by atoms with E-state index in [1.54, 1.807) is 28.8 Å². The van der Waals surface area contributed by atoms with Crippen molar-refractivity contribution in [2.75, 3.05) is 0 Å². The molecule has 1 atom stereocenters. The first-order chi connectivity index (χ1) is 23.7. The van der Waals surface area contributed by atoms with Crippen molar-refractivity contribution in [1.82, 2.24) is 14.7 Å². The second-order valence-corrected chi connectivity index (χ2v) is 11.7. The first-order valence-electron chi connectivity index (χ1n) is 15.6. The number of aromatic carboxylic acids is 1. The molecule has 0 saturated carbocycles. The maximum absolute atomic E-state index is 12.5. The van der Waals surface area contributed by atoms with Crippen molar-refractivity contribution in [3.63, 3.8) is 0 Å². The van der Waals surface area contributed by atoms with Crippen LogP contribution in [-0.4, -0.2) is 54.2 Å². The topological polar surface area (TPSA) is 231 Å². The van der Waals surface area contributed by atoms with Crippen LogP contribution in [0.5, 0.6) is 5.75 Å². The molecular weight excluding hydrogens is 650 g/mol. The van der Waals surface area contributed by atoms with Gasteiger partial charge in [-0.1, -0.05) is 73.7 Å². The second kappa shape index (κ2) is 15.9. The number of hydrogen-bond donors (Lipinski definition) is 4. The Bertz CT molecular complexity index is 1870. The minimum Gasteiger partial charge on any atom is -0.477 e. The number of aryl methyl sites for hydroxylation is 1. The number of rotatable bonds is 15. The minimum absolute atomic E-state index is 0.00527. The molecule has 0 aliphatic carbocycles. The van der Waals surface area contributed by atoms with Crippen molar-refractivity contribution < 1.29 is 39.2 Å². The summed E-state index contributed by atoms with van der Waals surface area (Å²) >= 11 is 0. The van der Waals surface area contributed by atoms with Gasteiger partial charge in [-0.25, -0.2) is 20.4 Å². The maximum atomic E-state index is 12.5. The zero-order valence-corrected chi connectivity index (χ0v) is 28.0. The van der Waals surface area contributed by atoms with Crippen LogP contribution in [0.1, 0.15) is 72.8 Å². The van der Waals surface area contributed by atoms with Crippen LogP contribution in [0.4, 0.5) is 4.79 Å². The lowest BCUT2D eigenvalue weighted by Crippen LogP contribution is -2.40. The van der Waals surface area contributed by atoms with E-state index in [9.17, 15) is 29.9 Å². The summed E-state index contributed by atoms with van der Waals surface area (Å²) < 4.78 is 12.0. The van der Waals surface area contributed by atoms with Crippen LogP contribution in [0.3, 0.4) is 0 Å². The van der Waals surface area contributed by atoms with E-state index in [0.29, 0.717) is 17.8 Å². The molecule has 0 amide bonds. The van der Waals surface area contributed by atoms with Gasteiger partial charge in [0.2, 0.25) is 6.23 Å². The van der Waals surface area contributed by atoms with Gasteiger partial charge in [-0.3, -0.25) is 0 Å². The largest absolute Gasteiger partial charge is 0.515 e. The van der Waals surface area contributed by atoms with Crippen LogP contribution in [0, 0.1) is 10.1 Å². The van der Waals surface area contributed by atoms with Gasteiger partial charge in [0.05, 0.1) is 0 Å². The van der Waals surface area contributed by atoms with E-state index in [1.807, 2.05) is 43.3 Å². The number of carbonyl (C=O) groups excluding carboxylic acids is 1. The highest BCUT2D eigenvalue weighted by molar-refractivity contribution is 6.03. The van der Waals surface area contributed by atoms with Crippen LogP contribution in [-0.2, 0) is 34.7 Å². The Balaban J connectivity index is 1.50. The predicted molar refractivity (Wildman–Crippen MR) is 181 cm³/mol. The second-order valence-electron chi connectivity index (χ2n) is 11.7. The molecule has 0 spiro atoms. The molecule has 0 bridgehead atoms. The molecule has 50 heavy (non-hydrogen) atoms. The number of aliphatic hydroxyl groups is 1. The Labute approximate surface area is 287 Å². The van der Waals surface area contributed by atoms with E-state index in [0.717, 1.165) is 28.2 Å². The number of carboxylic acids is 1. The summed E-state index contributed by atoms with van der Waals surface area (Å²) in [7, 11) is 0. The number of imidazole rings is 1. The summed E-state index contributed by atoms with van der Waals surface area (Å²) in [4.78, 5) is 44.2. The molecule has 16 nitrogen and oxygen atoms in total. The molecule has 16 heteroatoms. The number of nitrogens with zero attached hydrogens (tertiary/aromatic N) is 5. The Morgan fingerprint density at radius 3 is 2.40 bits per heavy atom. The average Bonchev–Trinajstić information content (AvgIpc) is 3.43. The van der Waals surface area contributed by atoms with Crippen LogP contribution in [0.15, 0.2) is 77.9 Å². The molecule has 4 aromatic rings. The molecule has 0 fully saturated rings. The number of carbonyl (C=O) groups is 2. The molecule has 4 rings (SSSR count). The summed E-state index contributed by atoms with van der Waals surface area (Å²) in [6, 6.07) is 20.7. The van der Waals surface area contributed by atoms with Gasteiger partial charge in [0.1, 0.15) is 29.5 Å². The summed E-state index contributed by atoms with van der Waals surface area (Å²) in [6.45, 7) is 6.23. The van der Waals surface area contributed by atoms with Crippen LogP contribution >= 0.6 is 0 Å². The smallest absolute Gasteiger partial charge is 0.477 e. The Hall–Kier alpha value is -6.00. The number of nitrogens with two attached hydrogens (primary N) is 2. The highest BCUT2D eigenvalue weighted by Gasteiger charge is 2.31. The van der Waals surface area contributed by atoms with Crippen molar-refractivity contribution in [3.8, 4) is 16.9 Å². The fraction of sp³-hybridized carbons (Fsp3) is 0.294. The molecular formula is C34H39N7O9. The number of ether oxygens (including phenoxy) is 2. The predicted octanol–water partition coefficient (Wildman–Crippen LogP) is 4.54. The van der Waals surface area contributed by atoms with Crippen molar-refractivity contribution in [1.29, 1.82) is 0 Å². The highest BCUT2D eigenvalue weighted by Crippen LogP contribution is 2.28. The van der Waals surface area contributed by atoms with E-state index >= 15 is 0 Å². The van der Waals surface area contributed by atoms with Gasteiger partial charge >= 0.3 is 12.1 Å². The molecule has 1 aromatic heterocycles. The minimum atomic E-state index is -1.44. The first kappa shape index (κ1) is 36.8. The zero-order chi connectivity index (χ0) is 36.6. The van der Waals surface area contributed by atoms with Gasteiger partial charge in [0, 0.05) is 24.1 Å². The average molecular weight is 690 g/mol. The third kappa shape index (κ3) is 9.12. The number of amidine groups is 1. The van der Waals surface area contributed by atoms with Crippen molar-refractivity contribution in [2.24, 2.45) is 16.7 Å². The first-order valence-corrected chi connectivity index (χ1v) is 15.6. The molecule has 0 aliphatic heterocycles. The van der Waals surface area contributed by atoms with E-state index < -0.39 is 35.6 Å². The fourth-order valence-electron chi connectivity index (χ4n) is 5.07. The van der Waals surface area contributed by atoms with Crippen LogP contribution in [0.25, 0.3) is 11.1 Å². The summed E-state index contributed by atoms with van der Waals surface area (Å²) in [6.07, 6.45) is -0.991. The lowest BCUT2D eigenvalue weighted by molar-refractivity contribution is -0.763. The van der Waals surface area contributed by atoms with Crippen LogP contribution in [0.2, 0.25) is 0 Å². The molecule has 0 aliphatic rings. The van der Waals surface area contributed by atoms with Crippen molar-refractivity contribution in [2.45, 2.75) is 65.5 Å². The lowest BCUT2D eigenvalue weighted by atomic mass is 9.98. The Morgan fingerprint density at radius 1 is 1.10 bits per heavy atom. The van der Waals surface area contributed by atoms with Gasteiger partial charge < -0.3 is 34.8 Å². The number of para-hydroxylation sites is 1. The SMILES string of the molecule is CCCc1nc(C(C)(C)O)c(C(=O)O)n1Cc1ccc(-c2ccccc2/C(N)=N/N(N)C(C)OC(=O)Oc2ccccc2CO[N+](=O)[O-])cc1. The summed E-state index contributed by atoms with van der Waals surface area (Å²) in [5, 5.41) is 35.3. The number of hydrazone groups is 1. The summed E-state index contributed by atoms with van der Waals surface area (Å²) in [5.74, 6) is 5.49. The molecule has 0 saturated heterocycles. The normalized spacial score (nSPS) is 12.2. The number of benzene rings is 3. The monoisotopic (exact) mass is 689 g/mol. The highest BCUT2D eigenvalue weighted by atomic mass is 16.9. The number of aromatic nitrogens is 2. The van der Waals surface area contributed by atoms with Gasteiger partial charge in [0.15, 0.2) is 11.5 Å². The molecule has 1 heterocycles. The fourth-order valence-corrected chi connectivity index (χ4v) is 5.07. The van der Waals surface area contributed by atoms with E-state index in [4.69, 9.17) is 21.1 Å². The molecule has 1 unspecified atom stereocenters. The standard InChI is InChI=1S/C34H39N7O9/c1-5-10-28-37-30(34(3,4)45)29(32(42)43)39(28)19-22-15-17-23(18-16-22)25-12-7-8-13-26(25)31(35)38-40(36)21(2)49-33(44)50-27-14-9-6-11-24(27)20-48-41(46)47/h6-9,11-18,21,45H,5,10,19-20,36H2,1-4H3,(H2,35,38)(H,42,43). The lowest BCUT2D eigenvalue weighted by Gasteiger charge is -2.22. The summed E-state index contributed by atoms with van der Waals surface area (Å²) in [5.41, 5.74) is 8.09. The van der Waals surface area contributed by atoms with Crippen LogP contribution < -0.4 is 16.3 Å². The number of carboxylic acid groups (broad SMARTS) is 1. The molecule has 3 aromatic carbocycles. The van der Waals surface area contributed by atoms with Crippen molar-refractivity contribution >= 4 is 18.0 Å². The quantitative estimate of drug-likeness (QED) is 0.0196. The molecule has 264 valence electrons. The number of hydrazine groups is 1. The Morgan fingerprint density at radius 2 is 1.76 bits per heavy atom. The van der Waals surface area contributed by atoms with Gasteiger partial charge in [-0.2, -0.15) is 5.12 Å². The van der Waals surface area contributed by atoms with Gasteiger partial charge in [-0.05, 0) is 49.9 Å². The molecule has 6 N–H and O–H groups in total. The third-order valence-electron chi connectivity index (χ3n) is 7.46. The Kier molecular flexibility index (Phi) is 11.7. The zero-order valence-electron chi connectivity index (χ0n) is 28.0. The van der Waals surface area contributed by atoms with Crippen molar-refractivity contribution in [3.05, 3.63) is 117 Å². The van der Waals surface area contributed by atoms with E-state index in [-0.39, 0.29) is 35.1 Å². The van der Waals surface area contributed by atoms with Gasteiger partial charge in [0.25, 0.3) is 5.09 Å². The van der Waals surface area contributed by atoms with E-state index in [2.05, 4.69) is 14.9 Å². The van der Waals surface area contributed by atoms with E-state index in [1.165, 1.54) is 32.9 Å². The maximum Gasteiger partial charge on any atom is 0.515 e. The third-order valence-corrected chi connectivity index (χ3v) is 7.46. The van der Waals surface area contributed by atoms with Gasteiger partial charge in [-0.15, -0.1) is 15.2 Å².